The van der Waals surface area contributed by atoms with Gasteiger partial charge in [0, 0.05) is 0 Å². The Morgan fingerprint density at radius 1 is 1.33 bits per heavy atom. The van der Waals surface area contributed by atoms with Crippen molar-refractivity contribution in [3.8, 4) is 5.69 Å². The number of carbonyl (C=O) groups is 1. The molecule has 0 bridgehead atoms. The van der Waals surface area contributed by atoms with Crippen LogP contribution in [-0.2, 0) is 11.2 Å². The Morgan fingerprint density at radius 2 is 2.00 bits per heavy atom. The highest BCUT2D eigenvalue weighted by Crippen LogP contribution is 2.19. The summed E-state index contributed by atoms with van der Waals surface area (Å²) in [4.78, 5) is 10.3. The van der Waals surface area contributed by atoms with E-state index in [-0.39, 0.29) is 5.69 Å². The first-order valence-electron chi connectivity index (χ1n) is 5.07. The van der Waals surface area contributed by atoms with Gasteiger partial charge >= 0.3 is 11.9 Å². The zero-order chi connectivity index (χ0) is 13.2. The SMILES string of the molecule is O=C(O)C(F)(F)Cc1cn(-c2ccccc2)nn1. The fourth-order valence-corrected chi connectivity index (χ4v) is 1.39. The van der Waals surface area contributed by atoms with Gasteiger partial charge in [-0.1, -0.05) is 23.4 Å². The van der Waals surface area contributed by atoms with Crippen molar-refractivity contribution in [3.05, 3.63) is 42.2 Å². The minimum Gasteiger partial charge on any atom is -0.477 e. The van der Waals surface area contributed by atoms with Gasteiger partial charge < -0.3 is 5.11 Å². The summed E-state index contributed by atoms with van der Waals surface area (Å²) in [6.07, 6.45) is 0.307. The molecule has 0 saturated carbocycles. The van der Waals surface area contributed by atoms with Crippen LogP contribution < -0.4 is 0 Å². The number of carboxylic acids is 1. The molecule has 0 radical (unpaired) electrons. The molecule has 1 N–H and O–H groups in total. The third-order valence-corrected chi connectivity index (χ3v) is 2.28. The van der Waals surface area contributed by atoms with Crippen molar-refractivity contribution in [1.29, 1.82) is 0 Å². The lowest BCUT2D eigenvalue weighted by molar-refractivity contribution is -0.164. The highest BCUT2D eigenvalue weighted by molar-refractivity contribution is 5.75. The van der Waals surface area contributed by atoms with Gasteiger partial charge in [-0.05, 0) is 12.1 Å². The first kappa shape index (κ1) is 12.2. The number of carboxylic acid groups (broad SMARTS) is 1. The van der Waals surface area contributed by atoms with Gasteiger partial charge in [-0.2, -0.15) is 8.78 Å². The average molecular weight is 253 g/mol. The van der Waals surface area contributed by atoms with Crippen molar-refractivity contribution in [2.45, 2.75) is 12.3 Å². The van der Waals surface area contributed by atoms with Crippen LogP contribution in [0.3, 0.4) is 0 Å². The molecule has 0 saturated heterocycles. The van der Waals surface area contributed by atoms with Crippen LogP contribution in [0.4, 0.5) is 8.78 Å². The lowest BCUT2D eigenvalue weighted by atomic mass is 10.2. The van der Waals surface area contributed by atoms with Gasteiger partial charge in [-0.3, -0.25) is 0 Å². The minimum atomic E-state index is -3.84. The predicted molar refractivity (Wildman–Crippen MR) is 57.6 cm³/mol. The molecule has 7 heteroatoms. The summed E-state index contributed by atoms with van der Waals surface area (Å²) in [7, 11) is 0. The maximum Gasteiger partial charge on any atom is 0.374 e. The normalized spacial score (nSPS) is 11.4. The van der Waals surface area contributed by atoms with Crippen molar-refractivity contribution < 1.29 is 18.7 Å². The Bertz CT molecular complexity index is 554. The van der Waals surface area contributed by atoms with E-state index in [9.17, 15) is 13.6 Å². The summed E-state index contributed by atoms with van der Waals surface area (Å²) >= 11 is 0. The quantitative estimate of drug-likeness (QED) is 0.897. The molecule has 0 atom stereocenters. The average Bonchev–Trinajstić information content (AvgIpc) is 2.78. The van der Waals surface area contributed by atoms with Crippen LogP contribution in [0.2, 0.25) is 0 Å². The summed E-state index contributed by atoms with van der Waals surface area (Å²) in [5.41, 5.74) is 0.584. The van der Waals surface area contributed by atoms with Crippen molar-refractivity contribution in [2.24, 2.45) is 0 Å². The second-order valence-corrected chi connectivity index (χ2v) is 3.68. The second-order valence-electron chi connectivity index (χ2n) is 3.68. The smallest absolute Gasteiger partial charge is 0.374 e. The number of nitrogens with zero attached hydrogens (tertiary/aromatic N) is 3. The molecule has 2 rings (SSSR count). The number of para-hydroxylation sites is 1. The van der Waals surface area contributed by atoms with Crippen molar-refractivity contribution >= 4 is 5.97 Å². The zero-order valence-electron chi connectivity index (χ0n) is 9.12. The van der Waals surface area contributed by atoms with Crippen LogP contribution in [0.5, 0.6) is 0 Å². The number of alkyl halides is 2. The van der Waals surface area contributed by atoms with E-state index in [0.29, 0.717) is 5.69 Å². The van der Waals surface area contributed by atoms with Crippen LogP contribution >= 0.6 is 0 Å². The van der Waals surface area contributed by atoms with Crippen LogP contribution in [0.25, 0.3) is 5.69 Å². The Labute approximate surface area is 101 Å². The minimum absolute atomic E-state index is 0.0775. The van der Waals surface area contributed by atoms with Crippen LogP contribution in [-0.4, -0.2) is 32.0 Å². The van der Waals surface area contributed by atoms with Gasteiger partial charge in [0.05, 0.1) is 24.0 Å². The third-order valence-electron chi connectivity index (χ3n) is 2.28. The van der Waals surface area contributed by atoms with Crippen molar-refractivity contribution in [2.75, 3.05) is 0 Å². The maximum atomic E-state index is 13.0. The highest BCUT2D eigenvalue weighted by Gasteiger charge is 2.39. The van der Waals surface area contributed by atoms with E-state index in [0.717, 1.165) is 0 Å². The summed E-state index contributed by atoms with van der Waals surface area (Å²) in [6, 6.07) is 8.80. The molecule has 1 heterocycles. The van der Waals surface area contributed by atoms with Crippen molar-refractivity contribution in [3.63, 3.8) is 0 Å². The molecule has 0 spiro atoms. The predicted octanol–water partition coefficient (Wildman–Crippen LogP) is 1.53. The highest BCUT2D eigenvalue weighted by atomic mass is 19.3. The Kier molecular flexibility index (Phi) is 3.05. The molecule has 0 aliphatic carbocycles. The van der Waals surface area contributed by atoms with Gasteiger partial charge in [0.25, 0.3) is 0 Å². The van der Waals surface area contributed by atoms with Gasteiger partial charge in [0.2, 0.25) is 0 Å². The lowest BCUT2D eigenvalue weighted by Crippen LogP contribution is -2.30. The number of benzene rings is 1. The fraction of sp³-hybridized carbons (Fsp3) is 0.182. The molecule has 18 heavy (non-hydrogen) atoms. The van der Waals surface area contributed by atoms with E-state index in [1.807, 2.05) is 0 Å². The van der Waals surface area contributed by atoms with Gasteiger partial charge in [-0.15, -0.1) is 5.10 Å². The number of aliphatic carboxylic acids is 1. The Balaban J connectivity index is 2.19. The topological polar surface area (TPSA) is 68.0 Å². The van der Waals surface area contributed by atoms with Crippen LogP contribution in [0.1, 0.15) is 5.69 Å². The van der Waals surface area contributed by atoms with E-state index in [4.69, 9.17) is 5.11 Å². The first-order chi connectivity index (χ1) is 8.49. The molecule has 1 aromatic carbocycles. The van der Waals surface area contributed by atoms with E-state index >= 15 is 0 Å². The largest absolute Gasteiger partial charge is 0.477 e. The van der Waals surface area contributed by atoms with Crippen LogP contribution in [0, 0.1) is 0 Å². The fourth-order valence-electron chi connectivity index (χ4n) is 1.39. The second kappa shape index (κ2) is 4.52. The lowest BCUT2D eigenvalue weighted by Gasteiger charge is -2.07. The molecule has 0 unspecified atom stereocenters. The summed E-state index contributed by atoms with van der Waals surface area (Å²) in [5, 5.41) is 15.5. The van der Waals surface area contributed by atoms with E-state index in [1.165, 1.54) is 10.9 Å². The molecule has 0 amide bonds. The standard InChI is InChI=1S/C11H9F2N3O2/c12-11(13,10(17)18)6-8-7-16(15-14-8)9-4-2-1-3-5-9/h1-5,7H,6H2,(H,17,18). The molecule has 5 nitrogen and oxygen atoms in total. The molecule has 1 aromatic heterocycles. The zero-order valence-corrected chi connectivity index (χ0v) is 9.12. The van der Waals surface area contributed by atoms with Gasteiger partial charge in [-0.25, -0.2) is 9.48 Å². The third kappa shape index (κ3) is 2.50. The van der Waals surface area contributed by atoms with Gasteiger partial charge in [0.15, 0.2) is 0 Å². The number of hydrogen-bond acceptors (Lipinski definition) is 3. The molecular formula is C11H9F2N3O2. The summed E-state index contributed by atoms with van der Waals surface area (Å²) in [5.74, 6) is -6.01. The number of rotatable bonds is 4. The molecule has 0 fully saturated rings. The molecule has 0 aliphatic rings. The van der Waals surface area contributed by atoms with Crippen molar-refractivity contribution in [1.82, 2.24) is 15.0 Å². The van der Waals surface area contributed by atoms with E-state index in [2.05, 4.69) is 10.3 Å². The first-order valence-corrected chi connectivity index (χ1v) is 5.07. The van der Waals surface area contributed by atoms with E-state index in [1.54, 1.807) is 30.3 Å². The maximum absolute atomic E-state index is 13.0. The molecule has 94 valence electrons. The summed E-state index contributed by atoms with van der Waals surface area (Å²) < 4.78 is 27.2. The summed E-state index contributed by atoms with van der Waals surface area (Å²) in [6.45, 7) is 0. The number of hydrogen-bond donors (Lipinski definition) is 1. The Hall–Kier alpha value is -2.31. The molecule has 2 aromatic rings. The number of aromatic nitrogens is 3. The molecular weight excluding hydrogens is 244 g/mol. The Morgan fingerprint density at radius 3 is 2.61 bits per heavy atom. The monoisotopic (exact) mass is 253 g/mol. The number of halogens is 2. The van der Waals surface area contributed by atoms with Gasteiger partial charge in [0.1, 0.15) is 0 Å². The molecule has 0 aliphatic heterocycles. The van der Waals surface area contributed by atoms with Crippen LogP contribution in [0.15, 0.2) is 36.5 Å². The van der Waals surface area contributed by atoms with E-state index < -0.39 is 18.3 Å².